The molecule has 2 aromatic heterocycles. The Morgan fingerprint density at radius 1 is 0.548 bits per heavy atom. The van der Waals surface area contributed by atoms with Crippen LogP contribution in [0.4, 0.5) is 26.3 Å². The first-order valence-electron chi connectivity index (χ1n) is 19.5. The summed E-state index contributed by atoms with van der Waals surface area (Å²) in [5.74, 6) is -1.33. The largest absolute Gasteiger partial charge is 0.478 e. The number of benzene rings is 6. The standard InChI is InChI=1S/C26H21F3O2S.C24H17F3O2S/c1-3-31-25(30)22-11-6-10-21(16(22)2)23-12-5-8-18-15-20(32-24(18)23)14-17-7-4-9-19(13-17)26(27,28)29;1-14-19(8-4-9-20(14)23(28)29)21-10-3-6-16-13-18(30-22(16)21)12-15-5-2-7-17(11-15)24(25,26)27/h4-13,15H,3,14H2,1-2H3;2-11,13H,12H2,1H3,(H,28,29). The maximum atomic E-state index is 13.1. The Hall–Kier alpha value is -6.24. The molecule has 0 radical (unpaired) electrons. The number of carboxylic acid groups (broad SMARTS) is 1. The maximum absolute atomic E-state index is 13.1. The topological polar surface area (TPSA) is 63.6 Å². The lowest BCUT2D eigenvalue weighted by Gasteiger charge is -2.11. The number of carboxylic acids is 1. The molecule has 1 N–H and O–H groups in total. The molecule has 0 saturated heterocycles. The first-order chi connectivity index (χ1) is 29.5. The number of halogens is 6. The molecular weight excluding hydrogens is 843 g/mol. The van der Waals surface area contributed by atoms with Gasteiger partial charge in [-0.15, -0.1) is 22.7 Å². The van der Waals surface area contributed by atoms with Crippen molar-refractivity contribution in [2.75, 3.05) is 6.61 Å². The van der Waals surface area contributed by atoms with Crippen LogP contribution in [0.1, 0.15) is 70.8 Å². The summed E-state index contributed by atoms with van der Waals surface area (Å²) in [6.45, 7) is 5.77. The minimum Gasteiger partial charge on any atom is -0.478 e. The van der Waals surface area contributed by atoms with Crippen molar-refractivity contribution in [2.24, 2.45) is 0 Å². The lowest BCUT2D eigenvalue weighted by molar-refractivity contribution is -0.138. The molecule has 0 aliphatic rings. The van der Waals surface area contributed by atoms with Crippen LogP contribution in [-0.2, 0) is 29.9 Å². The van der Waals surface area contributed by atoms with Crippen LogP contribution < -0.4 is 0 Å². The molecule has 4 nitrogen and oxygen atoms in total. The number of esters is 1. The zero-order chi connectivity index (χ0) is 44.3. The summed E-state index contributed by atoms with van der Waals surface area (Å²) in [5.41, 5.74) is 5.94. The zero-order valence-corrected chi connectivity index (χ0v) is 35.2. The molecule has 8 aromatic rings. The molecule has 2 heterocycles. The van der Waals surface area contributed by atoms with Gasteiger partial charge in [0.15, 0.2) is 0 Å². The molecule has 0 unspecified atom stereocenters. The summed E-state index contributed by atoms with van der Waals surface area (Å²) >= 11 is 3.08. The average molecular weight is 881 g/mol. The van der Waals surface area contributed by atoms with E-state index >= 15 is 0 Å². The Labute approximate surface area is 361 Å². The van der Waals surface area contributed by atoms with E-state index in [2.05, 4.69) is 0 Å². The predicted molar refractivity (Wildman–Crippen MR) is 235 cm³/mol. The van der Waals surface area contributed by atoms with Crippen molar-refractivity contribution in [3.8, 4) is 22.3 Å². The van der Waals surface area contributed by atoms with Gasteiger partial charge in [-0.3, -0.25) is 0 Å². The van der Waals surface area contributed by atoms with Gasteiger partial charge in [0.1, 0.15) is 0 Å². The van der Waals surface area contributed by atoms with Crippen LogP contribution in [0.5, 0.6) is 0 Å². The van der Waals surface area contributed by atoms with Gasteiger partial charge in [-0.1, -0.05) is 97.1 Å². The van der Waals surface area contributed by atoms with Crippen LogP contribution in [-0.4, -0.2) is 23.7 Å². The number of aromatic carboxylic acids is 1. The number of fused-ring (bicyclic) bond motifs is 2. The van der Waals surface area contributed by atoms with Crippen molar-refractivity contribution in [3.05, 3.63) is 188 Å². The molecule has 0 amide bonds. The molecule has 8 rings (SSSR count). The van der Waals surface area contributed by atoms with E-state index in [4.69, 9.17) is 4.74 Å². The number of carbonyl (C=O) groups excluding carboxylic acids is 1. The normalized spacial score (nSPS) is 11.7. The molecule has 0 atom stereocenters. The SMILES string of the molecule is CCOC(=O)c1cccc(-c2cccc3cc(Cc4cccc(C(F)(F)F)c4)sc23)c1C.Cc1c(C(=O)O)cccc1-c1cccc2cc(Cc3cccc(C(F)(F)F)c3)sc12. The lowest BCUT2D eigenvalue weighted by Crippen LogP contribution is -2.07. The number of thiophene rings is 2. The van der Waals surface area contributed by atoms with Gasteiger partial charge in [0.2, 0.25) is 0 Å². The van der Waals surface area contributed by atoms with E-state index in [0.717, 1.165) is 69.9 Å². The van der Waals surface area contributed by atoms with Gasteiger partial charge in [0.05, 0.1) is 28.9 Å². The fourth-order valence-electron chi connectivity index (χ4n) is 7.47. The third kappa shape index (κ3) is 9.61. The van der Waals surface area contributed by atoms with E-state index in [1.165, 1.54) is 35.6 Å². The lowest BCUT2D eigenvalue weighted by atomic mass is 9.95. The van der Waals surface area contributed by atoms with E-state index in [1.54, 1.807) is 55.5 Å². The van der Waals surface area contributed by atoms with Crippen molar-refractivity contribution >= 4 is 54.8 Å². The summed E-state index contributed by atoms with van der Waals surface area (Å²) < 4.78 is 85.4. The van der Waals surface area contributed by atoms with Gasteiger partial charge in [-0.25, -0.2) is 9.59 Å². The van der Waals surface area contributed by atoms with Gasteiger partial charge in [0, 0.05) is 32.0 Å². The van der Waals surface area contributed by atoms with Crippen LogP contribution >= 0.6 is 22.7 Å². The van der Waals surface area contributed by atoms with Gasteiger partial charge >= 0.3 is 24.3 Å². The van der Waals surface area contributed by atoms with Gasteiger partial charge in [0.25, 0.3) is 0 Å². The highest BCUT2D eigenvalue weighted by atomic mass is 32.1. The van der Waals surface area contributed by atoms with Crippen molar-refractivity contribution in [1.29, 1.82) is 0 Å². The third-order valence-electron chi connectivity index (χ3n) is 10.4. The number of carbonyl (C=O) groups is 2. The minimum absolute atomic E-state index is 0.255. The molecule has 62 heavy (non-hydrogen) atoms. The highest BCUT2D eigenvalue weighted by Gasteiger charge is 2.31. The molecular formula is C50H38F6O4S2. The van der Waals surface area contributed by atoms with Gasteiger partial charge in [-0.2, -0.15) is 26.3 Å². The van der Waals surface area contributed by atoms with Crippen LogP contribution in [0, 0.1) is 13.8 Å². The summed E-state index contributed by atoms with van der Waals surface area (Å²) in [6.07, 6.45) is -7.90. The summed E-state index contributed by atoms with van der Waals surface area (Å²) in [6, 6.07) is 37.4. The molecule has 12 heteroatoms. The minimum atomic E-state index is -4.37. The van der Waals surface area contributed by atoms with Crippen molar-refractivity contribution in [3.63, 3.8) is 0 Å². The average Bonchev–Trinajstić information content (AvgIpc) is 3.84. The second-order valence-electron chi connectivity index (χ2n) is 14.6. The highest BCUT2D eigenvalue weighted by molar-refractivity contribution is 7.20. The first-order valence-corrected chi connectivity index (χ1v) is 21.1. The first kappa shape index (κ1) is 43.8. The van der Waals surface area contributed by atoms with E-state index in [-0.39, 0.29) is 11.5 Å². The zero-order valence-electron chi connectivity index (χ0n) is 33.6. The second-order valence-corrected chi connectivity index (χ2v) is 16.9. The summed E-state index contributed by atoms with van der Waals surface area (Å²) in [5, 5.41) is 11.4. The van der Waals surface area contributed by atoms with Crippen molar-refractivity contribution in [2.45, 2.75) is 46.0 Å². The summed E-state index contributed by atoms with van der Waals surface area (Å²) in [4.78, 5) is 25.7. The van der Waals surface area contributed by atoms with Gasteiger partial charge < -0.3 is 9.84 Å². The Kier molecular flexibility index (Phi) is 12.7. The number of rotatable bonds is 9. The van der Waals surface area contributed by atoms with E-state index in [1.807, 2.05) is 73.7 Å². The monoisotopic (exact) mass is 880 g/mol. The van der Waals surface area contributed by atoms with E-state index < -0.39 is 29.4 Å². The molecule has 316 valence electrons. The Balaban J connectivity index is 0.000000187. The molecule has 6 aromatic carbocycles. The third-order valence-corrected chi connectivity index (χ3v) is 12.8. The fraction of sp³-hybridized carbons (Fsp3) is 0.160. The number of hydrogen-bond donors (Lipinski definition) is 1. The molecule has 0 bridgehead atoms. The van der Waals surface area contributed by atoms with Crippen molar-refractivity contribution in [1.82, 2.24) is 0 Å². The van der Waals surface area contributed by atoms with E-state index in [9.17, 15) is 41.0 Å². The number of alkyl halides is 6. The van der Waals surface area contributed by atoms with Crippen LogP contribution in [0.2, 0.25) is 0 Å². The molecule has 0 spiro atoms. The van der Waals surface area contributed by atoms with Crippen molar-refractivity contribution < 1.29 is 45.8 Å². The fourth-order valence-corrected chi connectivity index (χ4v) is 9.90. The second kappa shape index (κ2) is 18.0. The predicted octanol–water partition coefficient (Wildman–Crippen LogP) is 14.8. The van der Waals surface area contributed by atoms with E-state index in [0.29, 0.717) is 41.7 Å². The van der Waals surface area contributed by atoms with Gasteiger partial charge in [-0.05, 0) is 112 Å². The molecule has 0 aliphatic carbocycles. The maximum Gasteiger partial charge on any atom is 0.416 e. The highest BCUT2D eigenvalue weighted by Crippen LogP contribution is 2.40. The van der Waals surface area contributed by atoms with Crippen LogP contribution in [0.15, 0.2) is 133 Å². The van der Waals surface area contributed by atoms with Crippen LogP contribution in [0.3, 0.4) is 0 Å². The molecule has 0 saturated carbocycles. The Bertz CT molecular complexity index is 2940. The van der Waals surface area contributed by atoms with Crippen LogP contribution in [0.25, 0.3) is 42.4 Å². The Morgan fingerprint density at radius 2 is 0.952 bits per heavy atom. The quantitative estimate of drug-likeness (QED) is 0.116. The summed E-state index contributed by atoms with van der Waals surface area (Å²) in [7, 11) is 0. The molecule has 0 aliphatic heterocycles. The Morgan fingerprint density at radius 3 is 1.39 bits per heavy atom. The smallest absolute Gasteiger partial charge is 0.416 e. The molecule has 0 fully saturated rings. The number of hydrogen-bond acceptors (Lipinski definition) is 5. The number of ether oxygens (including phenoxy) is 1.